The first-order valence-corrected chi connectivity index (χ1v) is 10.6. The van der Waals surface area contributed by atoms with Crippen molar-refractivity contribution >= 4 is 23.7 Å². The van der Waals surface area contributed by atoms with Crippen molar-refractivity contribution in [3.63, 3.8) is 0 Å². The Bertz CT molecular complexity index is 1050. The van der Waals surface area contributed by atoms with Gasteiger partial charge in [-0.05, 0) is 72.1 Å². The molecule has 0 radical (unpaired) electrons. The summed E-state index contributed by atoms with van der Waals surface area (Å²) in [5.74, 6) is 1.60. The summed E-state index contributed by atoms with van der Waals surface area (Å²) in [6, 6.07) is 19.8. The topological polar surface area (TPSA) is 69.2 Å². The molecule has 3 aromatic carbocycles. The molecule has 0 spiro atoms. The van der Waals surface area contributed by atoms with E-state index in [1.165, 1.54) is 0 Å². The van der Waals surface area contributed by atoms with E-state index in [1.54, 1.807) is 49.7 Å². The number of hydrogen-bond acceptors (Lipinski definition) is 5. The molecule has 0 aliphatic carbocycles. The molecule has 6 nitrogen and oxygen atoms in total. The molecular weight excluding hydrogens is 428 g/mol. The van der Waals surface area contributed by atoms with Crippen LogP contribution in [0.2, 0.25) is 5.02 Å². The molecule has 3 rings (SSSR count). The third-order valence-corrected chi connectivity index (χ3v) is 4.72. The van der Waals surface area contributed by atoms with Crippen molar-refractivity contribution in [3.05, 3.63) is 88.4 Å². The zero-order chi connectivity index (χ0) is 22.8. The first-order valence-electron chi connectivity index (χ1n) is 10.2. The van der Waals surface area contributed by atoms with Gasteiger partial charge in [0.05, 0.1) is 19.9 Å². The number of carbonyl (C=O) groups is 1. The van der Waals surface area contributed by atoms with Crippen LogP contribution in [0.25, 0.3) is 0 Å². The Kier molecular flexibility index (Phi) is 8.52. The van der Waals surface area contributed by atoms with E-state index in [4.69, 9.17) is 25.8 Å². The molecule has 0 aromatic heterocycles. The lowest BCUT2D eigenvalue weighted by Gasteiger charge is -2.11. The van der Waals surface area contributed by atoms with E-state index in [9.17, 15) is 4.79 Å². The SMILES string of the molecule is CCCOc1ccc(C(=O)N/N=C\c2ccc(OCc3ccc(Cl)cc3)c(OC)c2)cc1. The fraction of sp³-hybridized carbons (Fsp3) is 0.200. The van der Waals surface area contributed by atoms with Gasteiger partial charge in [0.25, 0.3) is 5.91 Å². The number of rotatable bonds is 10. The number of halogens is 1. The number of benzene rings is 3. The van der Waals surface area contributed by atoms with Gasteiger partial charge >= 0.3 is 0 Å². The minimum Gasteiger partial charge on any atom is -0.494 e. The van der Waals surface area contributed by atoms with E-state index in [0.29, 0.717) is 35.3 Å². The molecule has 0 atom stereocenters. The Morgan fingerprint density at radius 2 is 1.75 bits per heavy atom. The molecule has 3 aromatic rings. The number of ether oxygens (including phenoxy) is 3. The van der Waals surface area contributed by atoms with E-state index in [-0.39, 0.29) is 5.91 Å². The first-order chi connectivity index (χ1) is 15.6. The fourth-order valence-electron chi connectivity index (χ4n) is 2.78. The summed E-state index contributed by atoms with van der Waals surface area (Å²) in [6.45, 7) is 3.07. The van der Waals surface area contributed by atoms with Crippen LogP contribution in [0.15, 0.2) is 71.8 Å². The summed E-state index contributed by atoms with van der Waals surface area (Å²) in [6.07, 6.45) is 2.47. The van der Waals surface area contributed by atoms with Crippen molar-refractivity contribution in [2.75, 3.05) is 13.7 Å². The maximum absolute atomic E-state index is 12.3. The van der Waals surface area contributed by atoms with Gasteiger partial charge in [-0.1, -0.05) is 30.7 Å². The highest BCUT2D eigenvalue weighted by atomic mass is 35.5. The van der Waals surface area contributed by atoms with Crippen LogP contribution in [0.5, 0.6) is 17.2 Å². The van der Waals surface area contributed by atoms with Gasteiger partial charge in [-0.15, -0.1) is 0 Å². The highest BCUT2D eigenvalue weighted by Gasteiger charge is 2.07. The Labute approximate surface area is 192 Å². The van der Waals surface area contributed by atoms with Gasteiger partial charge in [0.15, 0.2) is 11.5 Å². The van der Waals surface area contributed by atoms with Crippen molar-refractivity contribution in [2.24, 2.45) is 5.10 Å². The van der Waals surface area contributed by atoms with Crippen LogP contribution >= 0.6 is 11.6 Å². The quantitative estimate of drug-likeness (QED) is 0.326. The second kappa shape index (κ2) is 11.8. The molecule has 0 saturated heterocycles. The maximum atomic E-state index is 12.3. The molecule has 1 N–H and O–H groups in total. The van der Waals surface area contributed by atoms with Gasteiger partial charge in [0.1, 0.15) is 12.4 Å². The lowest BCUT2D eigenvalue weighted by molar-refractivity contribution is 0.0955. The summed E-state index contributed by atoms with van der Waals surface area (Å²) in [5, 5.41) is 4.71. The monoisotopic (exact) mass is 452 g/mol. The Balaban J connectivity index is 1.57. The zero-order valence-corrected chi connectivity index (χ0v) is 18.8. The molecule has 0 aliphatic rings. The van der Waals surface area contributed by atoms with E-state index in [1.807, 2.05) is 37.3 Å². The van der Waals surface area contributed by atoms with E-state index < -0.39 is 0 Å². The molecule has 166 valence electrons. The molecule has 0 bridgehead atoms. The van der Waals surface area contributed by atoms with Gasteiger partial charge in [0, 0.05) is 10.6 Å². The van der Waals surface area contributed by atoms with Crippen LogP contribution in [0.4, 0.5) is 0 Å². The molecule has 0 saturated carbocycles. The highest BCUT2D eigenvalue weighted by molar-refractivity contribution is 6.30. The van der Waals surface area contributed by atoms with Crippen LogP contribution in [-0.4, -0.2) is 25.8 Å². The average molecular weight is 453 g/mol. The maximum Gasteiger partial charge on any atom is 0.271 e. The number of carbonyl (C=O) groups excluding carboxylic acids is 1. The molecule has 1 amide bonds. The first kappa shape index (κ1) is 23.2. The molecular formula is C25H25ClN2O4. The van der Waals surface area contributed by atoms with Crippen molar-refractivity contribution in [3.8, 4) is 17.2 Å². The van der Waals surface area contributed by atoms with Crippen LogP contribution in [0, 0.1) is 0 Å². The third-order valence-electron chi connectivity index (χ3n) is 4.46. The molecule has 0 heterocycles. The molecule has 0 unspecified atom stereocenters. The number of nitrogens with one attached hydrogen (secondary N) is 1. The highest BCUT2D eigenvalue weighted by Crippen LogP contribution is 2.28. The predicted octanol–water partition coefficient (Wildman–Crippen LogP) is 5.48. The smallest absolute Gasteiger partial charge is 0.271 e. The normalized spacial score (nSPS) is 10.7. The summed E-state index contributed by atoms with van der Waals surface area (Å²) in [7, 11) is 1.57. The van der Waals surface area contributed by atoms with Gasteiger partial charge in [0.2, 0.25) is 0 Å². The summed E-state index contributed by atoms with van der Waals surface area (Å²) < 4.78 is 16.8. The van der Waals surface area contributed by atoms with Gasteiger partial charge in [-0.3, -0.25) is 4.79 Å². The summed E-state index contributed by atoms with van der Waals surface area (Å²) in [4.78, 5) is 12.3. The minimum atomic E-state index is -0.307. The van der Waals surface area contributed by atoms with Crippen molar-refractivity contribution < 1.29 is 19.0 Å². The molecule has 7 heteroatoms. The average Bonchev–Trinajstić information content (AvgIpc) is 2.83. The summed E-state index contributed by atoms with van der Waals surface area (Å²) in [5.41, 5.74) is 4.76. The Morgan fingerprint density at radius 1 is 1.00 bits per heavy atom. The Morgan fingerprint density at radius 3 is 2.44 bits per heavy atom. The lowest BCUT2D eigenvalue weighted by atomic mass is 10.2. The van der Waals surface area contributed by atoms with Gasteiger partial charge < -0.3 is 14.2 Å². The number of methoxy groups -OCH3 is 1. The standard InChI is InChI=1S/C25H25ClN2O4/c1-3-14-31-22-11-7-20(8-12-22)25(29)28-27-16-19-6-13-23(24(15-19)30-2)32-17-18-4-9-21(26)10-5-18/h4-13,15-16H,3,14,17H2,1-2H3,(H,28,29)/b27-16-. The molecule has 0 fully saturated rings. The number of nitrogens with zero attached hydrogens (tertiary/aromatic N) is 1. The fourth-order valence-corrected chi connectivity index (χ4v) is 2.90. The van der Waals surface area contributed by atoms with E-state index >= 15 is 0 Å². The van der Waals surface area contributed by atoms with Crippen LogP contribution in [0.1, 0.15) is 34.8 Å². The third kappa shape index (κ3) is 6.75. The van der Waals surface area contributed by atoms with Crippen LogP contribution in [0.3, 0.4) is 0 Å². The summed E-state index contributed by atoms with van der Waals surface area (Å²) >= 11 is 5.91. The largest absolute Gasteiger partial charge is 0.494 e. The van der Waals surface area contributed by atoms with E-state index in [0.717, 1.165) is 23.3 Å². The second-order valence-electron chi connectivity index (χ2n) is 6.90. The minimum absolute atomic E-state index is 0.307. The van der Waals surface area contributed by atoms with Crippen LogP contribution in [-0.2, 0) is 6.61 Å². The van der Waals surface area contributed by atoms with E-state index in [2.05, 4.69) is 10.5 Å². The number of amides is 1. The van der Waals surface area contributed by atoms with Gasteiger partial charge in [-0.2, -0.15) is 5.10 Å². The second-order valence-corrected chi connectivity index (χ2v) is 7.33. The van der Waals surface area contributed by atoms with Crippen molar-refractivity contribution in [1.29, 1.82) is 0 Å². The lowest BCUT2D eigenvalue weighted by Crippen LogP contribution is -2.17. The van der Waals surface area contributed by atoms with Crippen LogP contribution < -0.4 is 19.6 Å². The van der Waals surface area contributed by atoms with Crippen molar-refractivity contribution in [2.45, 2.75) is 20.0 Å². The molecule has 32 heavy (non-hydrogen) atoms. The van der Waals surface area contributed by atoms with Crippen molar-refractivity contribution in [1.82, 2.24) is 5.43 Å². The number of hydrogen-bond donors (Lipinski definition) is 1. The Hall–Kier alpha value is -3.51. The molecule has 0 aliphatic heterocycles. The predicted molar refractivity (Wildman–Crippen MR) is 126 cm³/mol. The zero-order valence-electron chi connectivity index (χ0n) is 18.0. The number of hydrazone groups is 1. The van der Waals surface area contributed by atoms with Gasteiger partial charge in [-0.25, -0.2) is 5.43 Å².